The van der Waals surface area contributed by atoms with Gasteiger partial charge in [-0.3, -0.25) is 4.99 Å². The van der Waals surface area contributed by atoms with E-state index in [0.29, 0.717) is 0 Å². The average molecular weight is 243 g/mol. The molecule has 0 aliphatic carbocycles. The summed E-state index contributed by atoms with van der Waals surface area (Å²) in [5, 5.41) is 8.54. The molecule has 3 nitrogen and oxygen atoms in total. The predicted octanol–water partition coefficient (Wildman–Crippen LogP) is 2.79. The van der Waals surface area contributed by atoms with E-state index in [1.165, 1.54) is 10.4 Å². The van der Waals surface area contributed by atoms with Gasteiger partial charge in [-0.2, -0.15) is 0 Å². The molecule has 0 bridgehead atoms. The fraction of sp³-hybridized carbons (Fsp3) is 0.154. The third-order valence-corrected chi connectivity index (χ3v) is 3.55. The van der Waals surface area contributed by atoms with E-state index in [-0.39, 0.29) is 0 Å². The van der Waals surface area contributed by atoms with Crippen LogP contribution in [0, 0.1) is 0 Å². The van der Waals surface area contributed by atoms with E-state index in [1.54, 1.807) is 11.3 Å². The molecule has 0 atom stereocenters. The molecule has 1 aromatic carbocycles. The maximum Gasteiger partial charge on any atom is 0.195 e. The van der Waals surface area contributed by atoms with Crippen molar-refractivity contribution in [2.45, 2.75) is 0 Å². The Balaban J connectivity index is 1.76. The van der Waals surface area contributed by atoms with E-state index in [4.69, 9.17) is 0 Å². The minimum atomic E-state index is 0.857. The Labute approximate surface area is 104 Å². The number of nitrogens with one attached hydrogen (secondary N) is 2. The van der Waals surface area contributed by atoms with Crippen molar-refractivity contribution in [2.24, 2.45) is 4.99 Å². The summed E-state index contributed by atoms with van der Waals surface area (Å²) >= 11 is 1.76. The summed E-state index contributed by atoms with van der Waals surface area (Å²) in [6.45, 7) is 1.78. The Hall–Kier alpha value is -1.81. The van der Waals surface area contributed by atoms with Crippen LogP contribution in [-0.4, -0.2) is 19.0 Å². The first-order chi connectivity index (χ1) is 8.42. The average Bonchev–Trinajstić information content (AvgIpc) is 3.01. The molecular formula is C13H13N3S. The van der Waals surface area contributed by atoms with Gasteiger partial charge in [0.2, 0.25) is 0 Å². The molecule has 86 valence electrons. The molecule has 0 saturated heterocycles. The van der Waals surface area contributed by atoms with Crippen LogP contribution in [0.15, 0.2) is 46.8 Å². The fourth-order valence-corrected chi connectivity index (χ4v) is 2.51. The van der Waals surface area contributed by atoms with Crippen molar-refractivity contribution in [3.05, 3.63) is 41.8 Å². The normalized spacial score (nSPS) is 14.2. The van der Waals surface area contributed by atoms with Crippen LogP contribution in [0.4, 0.5) is 5.69 Å². The molecular weight excluding hydrogens is 230 g/mol. The monoisotopic (exact) mass is 243 g/mol. The molecule has 4 heteroatoms. The molecule has 0 spiro atoms. The molecule has 0 radical (unpaired) electrons. The fourth-order valence-electron chi connectivity index (χ4n) is 1.78. The Morgan fingerprint density at radius 1 is 1.18 bits per heavy atom. The summed E-state index contributed by atoms with van der Waals surface area (Å²) in [5.41, 5.74) is 2.32. The lowest BCUT2D eigenvalue weighted by Gasteiger charge is -2.06. The van der Waals surface area contributed by atoms with Gasteiger partial charge >= 0.3 is 0 Å². The number of rotatable bonds is 2. The Bertz CT molecular complexity index is 514. The van der Waals surface area contributed by atoms with E-state index < -0.39 is 0 Å². The highest BCUT2D eigenvalue weighted by Gasteiger charge is 2.04. The largest absolute Gasteiger partial charge is 0.354 e. The third kappa shape index (κ3) is 2.31. The summed E-state index contributed by atoms with van der Waals surface area (Å²) in [5.74, 6) is 0.869. The van der Waals surface area contributed by atoms with Gasteiger partial charge in [0.05, 0.1) is 6.54 Å². The van der Waals surface area contributed by atoms with Gasteiger partial charge in [-0.1, -0.05) is 18.2 Å². The third-order valence-electron chi connectivity index (χ3n) is 2.63. The molecule has 0 saturated carbocycles. The van der Waals surface area contributed by atoms with Gasteiger partial charge in [0, 0.05) is 17.1 Å². The topological polar surface area (TPSA) is 36.4 Å². The van der Waals surface area contributed by atoms with Crippen molar-refractivity contribution in [2.75, 3.05) is 18.4 Å². The SMILES string of the molecule is c1csc(-c2ccc(NC3=NCCN3)cc2)c1. The van der Waals surface area contributed by atoms with Crippen LogP contribution in [0.5, 0.6) is 0 Å². The van der Waals surface area contributed by atoms with Crippen molar-refractivity contribution in [3.63, 3.8) is 0 Å². The standard InChI is InChI=1S/C13H13N3S/c1-2-12(17-9-1)10-3-5-11(6-4-10)16-13-14-7-8-15-13/h1-6,9H,7-8H2,(H2,14,15,16). The molecule has 2 heterocycles. The highest BCUT2D eigenvalue weighted by Crippen LogP contribution is 2.25. The van der Waals surface area contributed by atoms with Gasteiger partial charge in [-0.05, 0) is 29.1 Å². The summed E-state index contributed by atoms with van der Waals surface area (Å²) < 4.78 is 0. The lowest BCUT2D eigenvalue weighted by atomic mass is 10.2. The first kappa shape index (κ1) is 10.4. The predicted molar refractivity (Wildman–Crippen MR) is 73.7 cm³/mol. The van der Waals surface area contributed by atoms with Crippen LogP contribution >= 0.6 is 11.3 Å². The van der Waals surface area contributed by atoms with Gasteiger partial charge in [-0.15, -0.1) is 11.3 Å². The number of benzene rings is 1. The van der Waals surface area contributed by atoms with Gasteiger partial charge in [0.15, 0.2) is 5.96 Å². The number of guanidine groups is 1. The van der Waals surface area contributed by atoms with Crippen molar-refractivity contribution in [3.8, 4) is 10.4 Å². The maximum atomic E-state index is 4.30. The second-order valence-electron chi connectivity index (χ2n) is 3.84. The second-order valence-corrected chi connectivity index (χ2v) is 4.78. The zero-order valence-corrected chi connectivity index (χ0v) is 10.1. The summed E-state index contributed by atoms with van der Waals surface area (Å²) in [6, 6.07) is 12.6. The summed E-state index contributed by atoms with van der Waals surface area (Å²) in [7, 11) is 0. The number of anilines is 1. The number of aliphatic imine (C=N–C) groups is 1. The molecule has 0 amide bonds. The lowest BCUT2D eigenvalue weighted by Crippen LogP contribution is -2.26. The van der Waals surface area contributed by atoms with Crippen LogP contribution in [-0.2, 0) is 0 Å². The molecule has 2 aromatic rings. The maximum absolute atomic E-state index is 4.30. The first-order valence-electron chi connectivity index (χ1n) is 5.61. The van der Waals surface area contributed by atoms with Crippen LogP contribution < -0.4 is 10.6 Å². The zero-order chi connectivity index (χ0) is 11.5. The minimum absolute atomic E-state index is 0.857. The van der Waals surface area contributed by atoms with Gasteiger partial charge in [0.25, 0.3) is 0 Å². The number of thiophene rings is 1. The van der Waals surface area contributed by atoms with Crippen molar-refractivity contribution >= 4 is 23.0 Å². The van der Waals surface area contributed by atoms with E-state index >= 15 is 0 Å². The highest BCUT2D eigenvalue weighted by molar-refractivity contribution is 7.13. The molecule has 0 fully saturated rings. The Morgan fingerprint density at radius 2 is 2.06 bits per heavy atom. The van der Waals surface area contributed by atoms with Crippen molar-refractivity contribution in [1.29, 1.82) is 0 Å². The molecule has 2 N–H and O–H groups in total. The Morgan fingerprint density at radius 3 is 2.71 bits per heavy atom. The molecule has 1 aliphatic heterocycles. The molecule has 17 heavy (non-hydrogen) atoms. The molecule has 1 aliphatic rings. The van der Waals surface area contributed by atoms with Crippen molar-refractivity contribution < 1.29 is 0 Å². The molecule has 0 unspecified atom stereocenters. The van der Waals surface area contributed by atoms with Crippen LogP contribution in [0.3, 0.4) is 0 Å². The number of hydrogen-bond donors (Lipinski definition) is 2. The van der Waals surface area contributed by atoms with Gasteiger partial charge < -0.3 is 10.6 Å². The van der Waals surface area contributed by atoms with Crippen LogP contribution in [0.1, 0.15) is 0 Å². The Kier molecular flexibility index (Phi) is 2.80. The van der Waals surface area contributed by atoms with Gasteiger partial charge in [0.1, 0.15) is 0 Å². The first-order valence-corrected chi connectivity index (χ1v) is 6.49. The zero-order valence-electron chi connectivity index (χ0n) is 9.31. The molecule has 1 aromatic heterocycles. The molecule has 3 rings (SSSR count). The summed E-state index contributed by atoms with van der Waals surface area (Å²) in [4.78, 5) is 5.60. The minimum Gasteiger partial charge on any atom is -0.354 e. The summed E-state index contributed by atoms with van der Waals surface area (Å²) in [6.07, 6.45) is 0. The van der Waals surface area contributed by atoms with Gasteiger partial charge in [-0.25, -0.2) is 0 Å². The van der Waals surface area contributed by atoms with E-state index in [2.05, 4.69) is 57.4 Å². The lowest BCUT2D eigenvalue weighted by molar-refractivity contribution is 0.959. The van der Waals surface area contributed by atoms with E-state index in [9.17, 15) is 0 Å². The highest BCUT2D eigenvalue weighted by atomic mass is 32.1. The second kappa shape index (κ2) is 4.59. The smallest absolute Gasteiger partial charge is 0.195 e. The van der Waals surface area contributed by atoms with E-state index in [1.807, 2.05) is 0 Å². The van der Waals surface area contributed by atoms with E-state index in [0.717, 1.165) is 24.7 Å². The quantitative estimate of drug-likeness (QED) is 0.851. The van der Waals surface area contributed by atoms with Crippen LogP contribution in [0.25, 0.3) is 10.4 Å². The van der Waals surface area contributed by atoms with Crippen molar-refractivity contribution in [1.82, 2.24) is 5.32 Å². The number of nitrogens with zero attached hydrogens (tertiary/aromatic N) is 1. The number of hydrogen-bond acceptors (Lipinski definition) is 4. The van der Waals surface area contributed by atoms with Crippen LogP contribution in [0.2, 0.25) is 0 Å².